The largest absolute Gasteiger partial charge is 0.519 e. The maximum absolute atomic E-state index is 11.3. The first-order chi connectivity index (χ1) is 6.08. The molecular formula is C7H16O5SSi. The van der Waals surface area contributed by atoms with Crippen molar-refractivity contribution in [1.29, 1.82) is 0 Å². The van der Waals surface area contributed by atoms with E-state index in [0.717, 1.165) is 0 Å². The number of hydrogen-bond acceptors (Lipinski definition) is 4. The van der Waals surface area contributed by atoms with E-state index in [4.69, 9.17) is 8.98 Å². The molecule has 14 heavy (non-hydrogen) atoms. The summed E-state index contributed by atoms with van der Waals surface area (Å²) in [6, 6.07) is 0. The quantitative estimate of drug-likeness (QED) is 0.586. The summed E-state index contributed by atoms with van der Waals surface area (Å²) >= 11 is 0. The van der Waals surface area contributed by atoms with Crippen molar-refractivity contribution in [3.8, 4) is 0 Å². The van der Waals surface area contributed by atoms with Gasteiger partial charge in [-0.1, -0.05) is 6.92 Å². The topological polar surface area (TPSA) is 80.7 Å². The summed E-state index contributed by atoms with van der Waals surface area (Å²) in [5, 5.41) is -1.45. The molecule has 0 saturated heterocycles. The second kappa shape index (κ2) is 4.41. The van der Waals surface area contributed by atoms with E-state index >= 15 is 0 Å². The monoisotopic (exact) mass is 240 g/mol. The van der Waals surface area contributed by atoms with Crippen molar-refractivity contribution in [2.24, 2.45) is 0 Å². The predicted octanol–water partition coefficient (Wildman–Crippen LogP) is 1.03. The molecule has 0 heterocycles. The summed E-state index contributed by atoms with van der Waals surface area (Å²) in [5.74, 6) is -0.853. The SMILES string of the molecule is CCC(C(=O)O[Si](C)(C)C)S(=O)(=O)O. The van der Waals surface area contributed by atoms with E-state index < -0.39 is 29.7 Å². The Balaban J connectivity index is 4.67. The highest BCUT2D eigenvalue weighted by Gasteiger charge is 2.33. The van der Waals surface area contributed by atoms with E-state index in [1.54, 1.807) is 19.6 Å². The van der Waals surface area contributed by atoms with Crippen molar-refractivity contribution in [2.45, 2.75) is 38.2 Å². The molecule has 0 fully saturated rings. The molecule has 0 aliphatic carbocycles. The molecule has 7 heteroatoms. The van der Waals surface area contributed by atoms with Gasteiger partial charge in [0.15, 0.2) is 5.25 Å². The van der Waals surface area contributed by atoms with Gasteiger partial charge in [0, 0.05) is 0 Å². The molecular weight excluding hydrogens is 224 g/mol. The molecule has 1 N–H and O–H groups in total. The maximum Gasteiger partial charge on any atom is 0.313 e. The summed E-state index contributed by atoms with van der Waals surface area (Å²) in [5.41, 5.74) is 0. The van der Waals surface area contributed by atoms with Gasteiger partial charge in [-0.2, -0.15) is 8.42 Å². The van der Waals surface area contributed by atoms with E-state index in [-0.39, 0.29) is 6.42 Å². The summed E-state index contributed by atoms with van der Waals surface area (Å²) in [6.45, 7) is 6.80. The van der Waals surface area contributed by atoms with Gasteiger partial charge in [0.1, 0.15) is 0 Å². The van der Waals surface area contributed by atoms with Crippen LogP contribution >= 0.6 is 0 Å². The summed E-state index contributed by atoms with van der Waals surface area (Å²) in [4.78, 5) is 11.3. The van der Waals surface area contributed by atoms with Gasteiger partial charge >= 0.3 is 5.97 Å². The van der Waals surface area contributed by atoms with Crippen LogP contribution in [0.4, 0.5) is 0 Å². The normalized spacial score (nSPS) is 14.9. The van der Waals surface area contributed by atoms with Gasteiger partial charge in [-0.3, -0.25) is 9.35 Å². The number of hydrogen-bond donors (Lipinski definition) is 1. The average molecular weight is 240 g/mol. The minimum Gasteiger partial charge on any atom is -0.519 e. The van der Waals surface area contributed by atoms with E-state index in [0.29, 0.717) is 0 Å². The van der Waals surface area contributed by atoms with Crippen LogP contribution in [0.3, 0.4) is 0 Å². The van der Waals surface area contributed by atoms with E-state index in [9.17, 15) is 13.2 Å². The number of carbonyl (C=O) groups is 1. The van der Waals surface area contributed by atoms with Crippen LogP contribution in [0.1, 0.15) is 13.3 Å². The Kier molecular flexibility index (Phi) is 4.28. The molecule has 0 aromatic carbocycles. The van der Waals surface area contributed by atoms with Crippen LogP contribution in [0.2, 0.25) is 19.6 Å². The number of carbonyl (C=O) groups excluding carboxylic acids is 1. The van der Waals surface area contributed by atoms with Crippen molar-refractivity contribution in [1.82, 2.24) is 0 Å². The fourth-order valence-corrected chi connectivity index (χ4v) is 2.41. The molecule has 0 spiro atoms. The Bertz CT molecular complexity index is 303. The lowest BCUT2D eigenvalue weighted by molar-refractivity contribution is -0.134. The third kappa shape index (κ3) is 4.73. The Morgan fingerprint density at radius 2 is 1.86 bits per heavy atom. The number of rotatable bonds is 4. The molecule has 0 aliphatic rings. The Morgan fingerprint density at radius 3 is 2.07 bits per heavy atom. The van der Waals surface area contributed by atoms with Crippen LogP contribution in [0.5, 0.6) is 0 Å². The fourth-order valence-electron chi connectivity index (χ4n) is 0.866. The van der Waals surface area contributed by atoms with E-state index in [1.165, 1.54) is 6.92 Å². The van der Waals surface area contributed by atoms with Crippen molar-refractivity contribution in [2.75, 3.05) is 0 Å². The standard InChI is InChI=1S/C7H16O5SSi/c1-5-6(13(9,10)11)7(8)12-14(2,3)4/h6H,5H2,1-4H3,(H,9,10,11). The molecule has 0 aromatic heterocycles. The van der Waals surface area contributed by atoms with Gasteiger partial charge in [-0.05, 0) is 26.1 Å². The first kappa shape index (κ1) is 13.6. The van der Waals surface area contributed by atoms with Crippen molar-refractivity contribution in [3.05, 3.63) is 0 Å². The van der Waals surface area contributed by atoms with Crippen LogP contribution in [0, 0.1) is 0 Å². The molecule has 0 saturated carbocycles. The van der Waals surface area contributed by atoms with E-state index in [2.05, 4.69) is 0 Å². The molecule has 0 aliphatic heterocycles. The van der Waals surface area contributed by atoms with Crippen molar-refractivity contribution < 1.29 is 22.2 Å². The Morgan fingerprint density at radius 1 is 1.43 bits per heavy atom. The van der Waals surface area contributed by atoms with Crippen LogP contribution < -0.4 is 0 Å². The van der Waals surface area contributed by atoms with Gasteiger partial charge in [0.05, 0.1) is 0 Å². The zero-order chi connectivity index (χ0) is 11.6. The molecule has 0 rings (SSSR count). The van der Waals surface area contributed by atoms with Crippen LogP contribution in [-0.4, -0.2) is 32.5 Å². The molecule has 1 unspecified atom stereocenters. The molecule has 84 valence electrons. The Labute approximate surface area is 85.3 Å². The van der Waals surface area contributed by atoms with Crippen LogP contribution in [0.15, 0.2) is 0 Å². The van der Waals surface area contributed by atoms with Gasteiger partial charge in [0.25, 0.3) is 10.1 Å². The molecule has 0 aromatic rings. The lowest BCUT2D eigenvalue weighted by atomic mass is 10.3. The molecule has 0 amide bonds. The summed E-state index contributed by atoms with van der Waals surface area (Å²) in [6.07, 6.45) is 0.0160. The minimum absolute atomic E-state index is 0.0160. The fraction of sp³-hybridized carbons (Fsp3) is 0.857. The van der Waals surface area contributed by atoms with Gasteiger partial charge in [-0.15, -0.1) is 0 Å². The third-order valence-corrected chi connectivity index (χ3v) is 3.46. The first-order valence-electron chi connectivity index (χ1n) is 4.27. The minimum atomic E-state index is -4.34. The summed E-state index contributed by atoms with van der Waals surface area (Å²) < 4.78 is 35.2. The molecule has 5 nitrogen and oxygen atoms in total. The zero-order valence-corrected chi connectivity index (χ0v) is 10.6. The molecule has 0 bridgehead atoms. The highest BCUT2D eigenvalue weighted by molar-refractivity contribution is 7.87. The smallest absolute Gasteiger partial charge is 0.313 e. The highest BCUT2D eigenvalue weighted by Crippen LogP contribution is 2.11. The van der Waals surface area contributed by atoms with Crippen molar-refractivity contribution >= 4 is 24.4 Å². The average Bonchev–Trinajstić information content (AvgIpc) is 1.79. The maximum atomic E-state index is 11.3. The first-order valence-corrected chi connectivity index (χ1v) is 9.18. The van der Waals surface area contributed by atoms with Gasteiger partial charge in [-0.25, -0.2) is 0 Å². The Hall–Kier alpha value is -0.403. The zero-order valence-electron chi connectivity index (χ0n) is 8.77. The van der Waals surface area contributed by atoms with Gasteiger partial charge < -0.3 is 4.43 Å². The van der Waals surface area contributed by atoms with Crippen LogP contribution in [-0.2, 0) is 19.3 Å². The highest BCUT2D eigenvalue weighted by atomic mass is 32.2. The van der Waals surface area contributed by atoms with E-state index in [1.807, 2.05) is 0 Å². The lowest BCUT2D eigenvalue weighted by Gasteiger charge is -2.20. The van der Waals surface area contributed by atoms with Gasteiger partial charge in [0.2, 0.25) is 8.32 Å². The van der Waals surface area contributed by atoms with Crippen LogP contribution in [0.25, 0.3) is 0 Å². The third-order valence-electron chi connectivity index (χ3n) is 1.40. The van der Waals surface area contributed by atoms with Crippen molar-refractivity contribution in [3.63, 3.8) is 0 Å². The molecule has 1 atom stereocenters. The predicted molar refractivity (Wildman–Crippen MR) is 55.1 cm³/mol. The molecule has 0 radical (unpaired) electrons. The lowest BCUT2D eigenvalue weighted by Crippen LogP contribution is -2.38. The second-order valence-electron chi connectivity index (χ2n) is 3.95. The second-order valence-corrected chi connectivity index (χ2v) is 9.97. The summed E-state index contributed by atoms with van der Waals surface area (Å²) in [7, 11) is -6.44.